The molecule has 0 aromatic rings. The van der Waals surface area contributed by atoms with E-state index in [4.69, 9.17) is 5.11 Å². The normalized spacial score (nSPS) is 22.1. The van der Waals surface area contributed by atoms with Crippen molar-refractivity contribution in [3.8, 4) is 0 Å². The van der Waals surface area contributed by atoms with Gasteiger partial charge in [-0.1, -0.05) is 20.8 Å². The number of rotatable bonds is 4. The lowest BCUT2D eigenvalue weighted by atomic mass is 9.92. The first kappa shape index (κ1) is 19.2. The molecule has 0 aliphatic carbocycles. The number of hydrogen-bond donors (Lipinski definition) is 2. The number of carboxylic acids is 1. The van der Waals surface area contributed by atoms with E-state index in [0.717, 1.165) is 4.90 Å². The van der Waals surface area contributed by atoms with Gasteiger partial charge in [-0.3, -0.25) is 14.4 Å². The second-order valence-corrected chi connectivity index (χ2v) is 6.91. The third-order valence-electron chi connectivity index (χ3n) is 3.54. The van der Waals surface area contributed by atoms with E-state index in [9.17, 15) is 27.6 Å². The second-order valence-electron chi connectivity index (χ2n) is 6.91. The SMILES string of the molecule is CC(C)(C)CC(=O)NCC(=O)N1C[C@@H](C(F)(F)F)[C@H](C(=O)O)C1. The number of hydrogen-bond acceptors (Lipinski definition) is 3. The maximum absolute atomic E-state index is 12.8. The minimum Gasteiger partial charge on any atom is -0.481 e. The van der Waals surface area contributed by atoms with Gasteiger partial charge in [0.1, 0.15) is 0 Å². The Morgan fingerprint density at radius 1 is 1.17 bits per heavy atom. The van der Waals surface area contributed by atoms with Crippen LogP contribution < -0.4 is 5.32 Å². The summed E-state index contributed by atoms with van der Waals surface area (Å²) in [6, 6.07) is 0. The van der Waals surface area contributed by atoms with Gasteiger partial charge in [-0.25, -0.2) is 0 Å². The molecule has 1 fully saturated rings. The molecule has 0 saturated carbocycles. The zero-order chi connectivity index (χ0) is 18.0. The number of amides is 2. The number of nitrogens with zero attached hydrogens (tertiary/aromatic N) is 1. The Bertz CT molecular complexity index is 485. The maximum atomic E-state index is 12.8. The molecule has 132 valence electrons. The molecule has 0 unspecified atom stereocenters. The first-order valence-corrected chi connectivity index (χ1v) is 7.15. The largest absolute Gasteiger partial charge is 0.481 e. The van der Waals surface area contributed by atoms with E-state index < -0.39 is 49.5 Å². The number of carboxylic acid groups (broad SMARTS) is 1. The molecule has 1 aliphatic heterocycles. The second kappa shape index (κ2) is 6.76. The van der Waals surface area contributed by atoms with Crippen molar-refractivity contribution in [3.63, 3.8) is 0 Å². The molecule has 2 N–H and O–H groups in total. The maximum Gasteiger partial charge on any atom is 0.394 e. The van der Waals surface area contributed by atoms with Crippen molar-refractivity contribution < 1.29 is 32.7 Å². The first-order valence-electron chi connectivity index (χ1n) is 7.15. The van der Waals surface area contributed by atoms with E-state index in [2.05, 4.69) is 5.32 Å². The summed E-state index contributed by atoms with van der Waals surface area (Å²) in [6.45, 7) is 3.86. The average Bonchev–Trinajstić information content (AvgIpc) is 2.78. The van der Waals surface area contributed by atoms with Crippen molar-refractivity contribution in [2.45, 2.75) is 33.4 Å². The molecule has 9 heteroatoms. The molecule has 23 heavy (non-hydrogen) atoms. The molecule has 0 radical (unpaired) electrons. The van der Waals surface area contributed by atoms with E-state index >= 15 is 0 Å². The lowest BCUT2D eigenvalue weighted by molar-refractivity contribution is -0.188. The van der Waals surface area contributed by atoms with Crippen LogP contribution in [-0.4, -0.2) is 53.6 Å². The summed E-state index contributed by atoms with van der Waals surface area (Å²) in [5, 5.41) is 11.2. The fraction of sp³-hybridized carbons (Fsp3) is 0.786. The minimum absolute atomic E-state index is 0.170. The summed E-state index contributed by atoms with van der Waals surface area (Å²) >= 11 is 0. The van der Waals surface area contributed by atoms with Crippen LogP contribution in [0.3, 0.4) is 0 Å². The van der Waals surface area contributed by atoms with E-state index in [1.165, 1.54) is 0 Å². The van der Waals surface area contributed by atoms with Gasteiger partial charge in [-0.05, 0) is 5.41 Å². The molecule has 1 aliphatic rings. The number of alkyl halides is 3. The summed E-state index contributed by atoms with van der Waals surface area (Å²) in [7, 11) is 0. The molecule has 1 rings (SSSR count). The zero-order valence-electron chi connectivity index (χ0n) is 13.2. The summed E-state index contributed by atoms with van der Waals surface area (Å²) in [6.07, 6.45) is -4.52. The Morgan fingerprint density at radius 2 is 1.74 bits per heavy atom. The highest BCUT2D eigenvalue weighted by molar-refractivity contribution is 5.85. The first-order chi connectivity index (χ1) is 10.3. The number of nitrogens with one attached hydrogen (secondary N) is 1. The molecule has 2 atom stereocenters. The van der Waals surface area contributed by atoms with Crippen molar-refractivity contribution in [1.82, 2.24) is 10.2 Å². The van der Waals surface area contributed by atoms with Gasteiger partial charge in [-0.2, -0.15) is 13.2 Å². The molecule has 2 amide bonds. The molecular weight excluding hydrogens is 317 g/mol. The van der Waals surface area contributed by atoms with Gasteiger partial charge in [0.05, 0.1) is 18.4 Å². The molecule has 0 bridgehead atoms. The van der Waals surface area contributed by atoms with Gasteiger partial charge in [0, 0.05) is 19.5 Å². The van der Waals surface area contributed by atoms with Crippen molar-refractivity contribution in [2.75, 3.05) is 19.6 Å². The van der Waals surface area contributed by atoms with Crippen molar-refractivity contribution >= 4 is 17.8 Å². The van der Waals surface area contributed by atoms with E-state index in [-0.39, 0.29) is 17.7 Å². The Morgan fingerprint density at radius 3 is 2.13 bits per heavy atom. The Balaban J connectivity index is 2.61. The Kier molecular flexibility index (Phi) is 5.65. The summed E-state index contributed by atoms with van der Waals surface area (Å²) in [5.74, 6) is -6.45. The zero-order valence-corrected chi connectivity index (χ0v) is 13.2. The van der Waals surface area contributed by atoms with Gasteiger partial charge < -0.3 is 15.3 Å². The highest BCUT2D eigenvalue weighted by atomic mass is 19.4. The van der Waals surface area contributed by atoms with Crippen LogP contribution in [-0.2, 0) is 14.4 Å². The minimum atomic E-state index is -4.69. The number of likely N-dealkylation sites (tertiary alicyclic amines) is 1. The average molecular weight is 338 g/mol. The number of aliphatic carboxylic acids is 1. The molecular formula is C14H21F3N2O4. The number of halogens is 3. The fourth-order valence-electron chi connectivity index (χ4n) is 2.42. The Labute approximate surface area is 132 Å². The highest BCUT2D eigenvalue weighted by Crippen LogP contribution is 2.37. The van der Waals surface area contributed by atoms with Gasteiger partial charge >= 0.3 is 12.1 Å². The van der Waals surface area contributed by atoms with Crippen LogP contribution in [0.2, 0.25) is 0 Å². The van der Waals surface area contributed by atoms with Crippen molar-refractivity contribution in [1.29, 1.82) is 0 Å². The summed E-state index contributed by atoms with van der Waals surface area (Å²) in [4.78, 5) is 35.3. The monoisotopic (exact) mass is 338 g/mol. The van der Waals surface area contributed by atoms with Gasteiger partial charge in [0.25, 0.3) is 0 Å². The van der Waals surface area contributed by atoms with E-state index in [1.807, 2.05) is 20.8 Å². The lowest BCUT2D eigenvalue weighted by Gasteiger charge is -2.20. The van der Waals surface area contributed by atoms with Gasteiger partial charge in [-0.15, -0.1) is 0 Å². The number of carbonyl (C=O) groups is 3. The lowest BCUT2D eigenvalue weighted by Crippen LogP contribution is -2.40. The van der Waals surface area contributed by atoms with Gasteiger partial charge in [0.2, 0.25) is 11.8 Å². The van der Waals surface area contributed by atoms with Crippen molar-refractivity contribution in [2.24, 2.45) is 17.3 Å². The topological polar surface area (TPSA) is 86.7 Å². The molecule has 0 aromatic heterocycles. The summed E-state index contributed by atoms with van der Waals surface area (Å²) in [5.41, 5.74) is -0.281. The Hall–Kier alpha value is -1.80. The third-order valence-corrected chi connectivity index (χ3v) is 3.54. The van der Waals surface area contributed by atoms with Gasteiger partial charge in [0.15, 0.2) is 0 Å². The highest BCUT2D eigenvalue weighted by Gasteiger charge is 2.53. The smallest absolute Gasteiger partial charge is 0.394 e. The van der Waals surface area contributed by atoms with Crippen LogP contribution in [0.1, 0.15) is 27.2 Å². The van der Waals surface area contributed by atoms with Crippen molar-refractivity contribution in [3.05, 3.63) is 0 Å². The van der Waals surface area contributed by atoms with Crippen LogP contribution in [0.25, 0.3) is 0 Å². The van der Waals surface area contributed by atoms with Crippen LogP contribution in [0.15, 0.2) is 0 Å². The standard InChI is InChI=1S/C14H21F3N2O4/c1-13(2,3)4-10(20)18-5-11(21)19-6-8(12(22)23)9(7-19)14(15,16)17/h8-9H,4-7H2,1-3H3,(H,18,20)(H,22,23)/t8-,9-/m1/s1. The molecule has 1 saturated heterocycles. The fourth-order valence-corrected chi connectivity index (χ4v) is 2.42. The predicted molar refractivity (Wildman–Crippen MR) is 74.3 cm³/mol. The number of carbonyl (C=O) groups excluding carboxylic acids is 2. The molecule has 1 heterocycles. The quantitative estimate of drug-likeness (QED) is 0.808. The van der Waals surface area contributed by atoms with Crippen LogP contribution in [0.4, 0.5) is 13.2 Å². The van der Waals surface area contributed by atoms with Crippen LogP contribution >= 0.6 is 0 Å². The molecule has 0 spiro atoms. The molecule has 0 aromatic carbocycles. The van der Waals surface area contributed by atoms with Crippen LogP contribution in [0, 0.1) is 17.3 Å². The molecule has 6 nitrogen and oxygen atoms in total. The third kappa shape index (κ3) is 5.72. The van der Waals surface area contributed by atoms with E-state index in [1.54, 1.807) is 0 Å². The van der Waals surface area contributed by atoms with Crippen LogP contribution in [0.5, 0.6) is 0 Å². The summed E-state index contributed by atoms with van der Waals surface area (Å²) < 4.78 is 38.5. The van der Waals surface area contributed by atoms with E-state index in [0.29, 0.717) is 0 Å². The predicted octanol–water partition coefficient (Wildman–Crippen LogP) is 1.26.